The molecule has 3 aromatic carbocycles. The van der Waals surface area contributed by atoms with Crippen molar-refractivity contribution in [1.82, 2.24) is 10.2 Å². The van der Waals surface area contributed by atoms with E-state index in [0.29, 0.717) is 19.4 Å². The van der Waals surface area contributed by atoms with Crippen LogP contribution in [0.15, 0.2) is 95.4 Å². The average molecular weight is 425 g/mol. The minimum Gasteiger partial charge on any atom is -0.508 e. The molecule has 0 spiro atoms. The number of aliphatic imine (C=N–C) groups is 1. The van der Waals surface area contributed by atoms with E-state index in [1.165, 1.54) is 0 Å². The summed E-state index contributed by atoms with van der Waals surface area (Å²) >= 11 is 0. The number of phenols is 2. The first-order valence-corrected chi connectivity index (χ1v) is 10.6. The summed E-state index contributed by atoms with van der Waals surface area (Å²) in [5.74, 6) is 1.16. The van der Waals surface area contributed by atoms with Gasteiger partial charge in [-0.2, -0.15) is 0 Å². The Hall–Kier alpha value is -4.06. The molecule has 3 aromatic rings. The Kier molecular flexibility index (Phi) is 5.11. The first-order valence-electron chi connectivity index (χ1n) is 10.6. The summed E-state index contributed by atoms with van der Waals surface area (Å²) in [7, 11) is 0. The molecule has 1 unspecified atom stereocenters. The molecule has 1 atom stereocenters. The van der Waals surface area contributed by atoms with Crippen LogP contribution in [-0.4, -0.2) is 39.3 Å². The van der Waals surface area contributed by atoms with Crippen LogP contribution in [0.5, 0.6) is 11.5 Å². The van der Waals surface area contributed by atoms with E-state index in [4.69, 9.17) is 4.99 Å². The molecule has 5 rings (SSSR count). The standard InChI is InChI=1S/C26H23N3O3/c30-20-10-6-18(7-11-20)15-23-26(32)29-16-24(19-8-12-21(31)13-9-19)27-22(25(29)28-23)14-17-4-2-1-3-5-17/h1-13,23,28,30-31H,14-16H2. The molecular formula is C26H23N3O3. The number of carbonyl (C=O) groups is 1. The molecular weight excluding hydrogens is 402 g/mol. The molecule has 32 heavy (non-hydrogen) atoms. The Morgan fingerprint density at radius 2 is 1.53 bits per heavy atom. The van der Waals surface area contributed by atoms with Gasteiger partial charge in [-0.3, -0.25) is 14.7 Å². The number of nitrogens with one attached hydrogen (secondary N) is 1. The van der Waals surface area contributed by atoms with Crippen molar-refractivity contribution in [2.24, 2.45) is 4.99 Å². The zero-order valence-corrected chi connectivity index (χ0v) is 17.4. The van der Waals surface area contributed by atoms with Crippen molar-refractivity contribution in [3.8, 4) is 11.5 Å². The second-order valence-corrected chi connectivity index (χ2v) is 8.05. The number of benzene rings is 3. The zero-order valence-electron chi connectivity index (χ0n) is 17.4. The second kappa shape index (κ2) is 8.23. The fourth-order valence-electron chi connectivity index (χ4n) is 4.13. The first-order chi connectivity index (χ1) is 15.6. The summed E-state index contributed by atoms with van der Waals surface area (Å²) in [6.07, 6.45) is 1.12. The highest BCUT2D eigenvalue weighted by Gasteiger charge is 2.39. The number of aromatic hydroxyl groups is 2. The van der Waals surface area contributed by atoms with Gasteiger partial charge in [-0.25, -0.2) is 0 Å². The van der Waals surface area contributed by atoms with E-state index in [-0.39, 0.29) is 17.4 Å². The number of phenolic OH excluding ortho intramolecular Hbond substituents is 2. The predicted octanol–water partition coefficient (Wildman–Crippen LogP) is 3.36. The molecule has 2 aliphatic heterocycles. The molecule has 0 saturated carbocycles. The van der Waals surface area contributed by atoms with Gasteiger partial charge in [-0.1, -0.05) is 42.5 Å². The normalized spacial score (nSPS) is 17.8. The monoisotopic (exact) mass is 425 g/mol. The molecule has 1 amide bonds. The van der Waals surface area contributed by atoms with Gasteiger partial charge in [-0.05, 0) is 53.1 Å². The van der Waals surface area contributed by atoms with Crippen molar-refractivity contribution < 1.29 is 15.0 Å². The van der Waals surface area contributed by atoms with E-state index in [2.05, 4.69) is 5.32 Å². The summed E-state index contributed by atoms with van der Waals surface area (Å²) in [5, 5.41) is 22.6. The van der Waals surface area contributed by atoms with Crippen molar-refractivity contribution in [2.45, 2.75) is 18.9 Å². The molecule has 2 aliphatic rings. The molecule has 0 aliphatic carbocycles. The van der Waals surface area contributed by atoms with Gasteiger partial charge in [0.15, 0.2) is 0 Å². The van der Waals surface area contributed by atoms with Gasteiger partial charge in [0.25, 0.3) is 5.91 Å². The van der Waals surface area contributed by atoms with Gasteiger partial charge in [-0.15, -0.1) is 0 Å². The Morgan fingerprint density at radius 1 is 0.875 bits per heavy atom. The lowest BCUT2D eigenvalue weighted by molar-refractivity contribution is -0.127. The predicted molar refractivity (Wildman–Crippen MR) is 122 cm³/mol. The summed E-state index contributed by atoms with van der Waals surface area (Å²) in [6.45, 7) is 0.371. The Bertz CT molecular complexity index is 1200. The summed E-state index contributed by atoms with van der Waals surface area (Å²) in [4.78, 5) is 20.0. The molecule has 2 heterocycles. The number of fused-ring (bicyclic) bond motifs is 1. The van der Waals surface area contributed by atoms with Crippen LogP contribution in [0.1, 0.15) is 16.7 Å². The molecule has 6 heteroatoms. The minimum atomic E-state index is -0.394. The highest BCUT2D eigenvalue weighted by atomic mass is 16.3. The number of hydrogen-bond donors (Lipinski definition) is 3. The zero-order chi connectivity index (χ0) is 22.1. The smallest absolute Gasteiger partial charge is 0.251 e. The van der Waals surface area contributed by atoms with Crippen LogP contribution < -0.4 is 5.32 Å². The van der Waals surface area contributed by atoms with Crippen molar-refractivity contribution in [1.29, 1.82) is 0 Å². The third kappa shape index (κ3) is 3.95. The number of rotatable bonds is 5. The lowest BCUT2D eigenvalue weighted by Crippen LogP contribution is -2.36. The number of allylic oxidation sites excluding steroid dienone is 1. The Morgan fingerprint density at radius 3 is 2.22 bits per heavy atom. The van der Waals surface area contributed by atoms with E-state index < -0.39 is 6.04 Å². The van der Waals surface area contributed by atoms with Crippen molar-refractivity contribution >= 4 is 11.6 Å². The fourth-order valence-corrected chi connectivity index (χ4v) is 4.13. The minimum absolute atomic E-state index is 0.00446. The molecule has 6 nitrogen and oxygen atoms in total. The second-order valence-electron chi connectivity index (χ2n) is 8.05. The number of amides is 1. The SMILES string of the molecule is O=C1C(Cc2ccc(O)cc2)NC2=C(Cc3ccccc3)N=C(c3ccc(O)cc3)CN12. The van der Waals surface area contributed by atoms with Crippen LogP contribution in [0.2, 0.25) is 0 Å². The molecule has 1 saturated heterocycles. The summed E-state index contributed by atoms with van der Waals surface area (Å²) in [6, 6.07) is 23.5. The first kappa shape index (κ1) is 19.9. The molecule has 160 valence electrons. The van der Waals surface area contributed by atoms with Gasteiger partial charge in [0.05, 0.1) is 18.0 Å². The molecule has 0 radical (unpaired) electrons. The Labute approximate surface area is 186 Å². The van der Waals surface area contributed by atoms with Gasteiger partial charge < -0.3 is 15.5 Å². The summed E-state index contributed by atoms with van der Waals surface area (Å²) in [5.41, 5.74) is 4.56. The van der Waals surface area contributed by atoms with Crippen LogP contribution >= 0.6 is 0 Å². The highest BCUT2D eigenvalue weighted by Crippen LogP contribution is 2.28. The molecule has 1 fully saturated rings. The van der Waals surface area contributed by atoms with Crippen LogP contribution in [0, 0.1) is 0 Å². The van der Waals surface area contributed by atoms with Crippen molar-refractivity contribution in [3.05, 3.63) is 107 Å². The van der Waals surface area contributed by atoms with Gasteiger partial charge >= 0.3 is 0 Å². The average Bonchev–Trinajstić information content (AvgIpc) is 3.12. The third-order valence-electron chi connectivity index (χ3n) is 5.79. The van der Waals surface area contributed by atoms with Crippen molar-refractivity contribution in [2.75, 3.05) is 6.54 Å². The van der Waals surface area contributed by atoms with E-state index in [1.54, 1.807) is 29.2 Å². The molecule has 0 bridgehead atoms. The number of hydrogen-bond acceptors (Lipinski definition) is 5. The van der Waals surface area contributed by atoms with Crippen LogP contribution in [0.3, 0.4) is 0 Å². The number of nitrogens with zero attached hydrogens (tertiary/aromatic N) is 2. The highest BCUT2D eigenvalue weighted by molar-refractivity contribution is 6.06. The molecule has 3 N–H and O–H groups in total. The van der Waals surface area contributed by atoms with Crippen molar-refractivity contribution in [3.63, 3.8) is 0 Å². The summed E-state index contributed by atoms with van der Waals surface area (Å²) < 4.78 is 0. The maximum Gasteiger partial charge on any atom is 0.251 e. The Balaban J connectivity index is 1.48. The quantitative estimate of drug-likeness (QED) is 0.585. The maximum atomic E-state index is 13.3. The van der Waals surface area contributed by atoms with Crippen LogP contribution in [0.4, 0.5) is 0 Å². The lowest BCUT2D eigenvalue weighted by atomic mass is 10.0. The third-order valence-corrected chi connectivity index (χ3v) is 5.79. The van der Waals surface area contributed by atoms with Crippen LogP contribution in [-0.2, 0) is 17.6 Å². The van der Waals surface area contributed by atoms with Gasteiger partial charge in [0.2, 0.25) is 0 Å². The number of carbonyl (C=O) groups excluding carboxylic acids is 1. The van der Waals surface area contributed by atoms with Gasteiger partial charge in [0, 0.05) is 12.8 Å². The fraction of sp³-hybridized carbons (Fsp3) is 0.154. The molecule has 0 aromatic heterocycles. The van der Waals surface area contributed by atoms with Crippen LogP contribution in [0.25, 0.3) is 0 Å². The lowest BCUT2D eigenvalue weighted by Gasteiger charge is -2.25. The largest absolute Gasteiger partial charge is 0.508 e. The van der Waals surface area contributed by atoms with Gasteiger partial charge in [0.1, 0.15) is 23.4 Å². The topological polar surface area (TPSA) is 85.2 Å². The van der Waals surface area contributed by atoms with E-state index in [9.17, 15) is 15.0 Å². The maximum absolute atomic E-state index is 13.3. The van der Waals surface area contributed by atoms with E-state index >= 15 is 0 Å². The van der Waals surface area contributed by atoms with E-state index in [1.807, 2.05) is 54.6 Å². The van der Waals surface area contributed by atoms with E-state index in [0.717, 1.165) is 33.9 Å².